The van der Waals surface area contributed by atoms with E-state index < -0.39 is 21.6 Å². The molecule has 204 valence electrons. The third-order valence-corrected chi connectivity index (χ3v) is 9.18. The molecular weight excluding hydrogens is 597 g/mol. The molecule has 5 aromatic rings. The number of halogens is 2. The Morgan fingerprint density at radius 3 is 2.58 bits per heavy atom. The topological polar surface area (TPSA) is 98.1 Å². The zero-order valence-electron chi connectivity index (χ0n) is 21.8. The first-order valence-electron chi connectivity index (χ1n) is 12.8. The number of aromatic nitrogens is 4. The van der Waals surface area contributed by atoms with Gasteiger partial charge < -0.3 is 4.90 Å². The minimum atomic E-state index is -3.86. The Morgan fingerprint density at radius 2 is 1.90 bits per heavy atom. The highest BCUT2D eigenvalue weighted by atomic mass is 79.9. The van der Waals surface area contributed by atoms with Crippen LogP contribution in [0.1, 0.15) is 46.8 Å². The highest BCUT2D eigenvalue weighted by molar-refractivity contribution is 9.10. The molecule has 0 aliphatic heterocycles. The number of fused-ring (bicyclic) bond motifs is 3. The molecule has 1 fully saturated rings. The van der Waals surface area contributed by atoms with E-state index in [2.05, 4.69) is 31.0 Å². The van der Waals surface area contributed by atoms with Crippen molar-refractivity contribution < 1.29 is 17.6 Å². The largest absolute Gasteiger partial charge is 0.303 e. The fraction of sp³-hybridized carbons (Fsp3) is 0.241. The molecule has 11 heteroatoms. The number of carbonyl (C=O) groups is 1. The number of amides is 1. The van der Waals surface area contributed by atoms with Crippen LogP contribution >= 0.6 is 15.9 Å². The number of benzene rings is 2. The van der Waals surface area contributed by atoms with E-state index in [1.807, 2.05) is 31.3 Å². The first kappa shape index (κ1) is 26.5. The lowest BCUT2D eigenvalue weighted by Gasteiger charge is -2.26. The van der Waals surface area contributed by atoms with E-state index in [1.54, 1.807) is 16.9 Å². The van der Waals surface area contributed by atoms with Gasteiger partial charge in [-0.25, -0.2) is 17.8 Å². The molecule has 3 heterocycles. The van der Waals surface area contributed by atoms with Gasteiger partial charge in [-0.15, -0.1) is 0 Å². The van der Waals surface area contributed by atoms with Gasteiger partial charge in [0.05, 0.1) is 45.3 Å². The van der Waals surface area contributed by atoms with Crippen LogP contribution in [0.3, 0.4) is 0 Å². The van der Waals surface area contributed by atoms with E-state index in [4.69, 9.17) is 0 Å². The van der Waals surface area contributed by atoms with Gasteiger partial charge in [-0.3, -0.25) is 14.5 Å². The Labute approximate surface area is 238 Å². The van der Waals surface area contributed by atoms with Gasteiger partial charge in [-0.2, -0.15) is 5.10 Å². The van der Waals surface area contributed by atoms with Gasteiger partial charge in [0.1, 0.15) is 10.4 Å². The van der Waals surface area contributed by atoms with Crippen LogP contribution in [0.15, 0.2) is 70.4 Å². The van der Waals surface area contributed by atoms with Crippen molar-refractivity contribution in [3.05, 3.63) is 88.2 Å². The van der Waals surface area contributed by atoms with Crippen molar-refractivity contribution in [2.75, 3.05) is 11.2 Å². The summed E-state index contributed by atoms with van der Waals surface area (Å²) in [5, 5.41) is 6.10. The summed E-state index contributed by atoms with van der Waals surface area (Å²) in [7, 11) is -2.01. The van der Waals surface area contributed by atoms with Crippen LogP contribution in [0.2, 0.25) is 0 Å². The summed E-state index contributed by atoms with van der Waals surface area (Å²) in [5.74, 6) is -0.743. The monoisotopic (exact) mass is 621 g/mol. The standard InChI is InChI=1S/C29H25BrFN5O3S/c1-35-27-21-9-6-17(12-24(21)34-28(30)22(27)15-33-35)16-36(25-11-8-20(31)13-26(25)40(2,38)39)29(37)19-7-10-23(32-14-19)18-4-3-5-18/h6-15,18H,3-5,16H2,1-2H3. The lowest BCUT2D eigenvalue weighted by Crippen LogP contribution is -2.32. The van der Waals surface area contributed by atoms with Crippen molar-refractivity contribution in [3.8, 4) is 0 Å². The fourth-order valence-electron chi connectivity index (χ4n) is 5.13. The van der Waals surface area contributed by atoms with Crippen molar-refractivity contribution in [2.45, 2.75) is 36.6 Å². The van der Waals surface area contributed by atoms with E-state index in [0.717, 1.165) is 53.2 Å². The maximum absolute atomic E-state index is 14.2. The molecule has 6 rings (SSSR count). The van der Waals surface area contributed by atoms with Crippen LogP contribution in [-0.4, -0.2) is 40.3 Å². The maximum Gasteiger partial charge on any atom is 0.260 e. The number of hydrogen-bond acceptors (Lipinski definition) is 6. The first-order valence-corrected chi connectivity index (χ1v) is 15.5. The summed E-state index contributed by atoms with van der Waals surface area (Å²) in [6.07, 6.45) is 7.60. The second-order valence-corrected chi connectivity index (χ2v) is 12.9. The Hall–Kier alpha value is -3.70. The molecular formula is C29H25BrFN5O3S. The van der Waals surface area contributed by atoms with Crippen LogP contribution in [0.4, 0.5) is 10.1 Å². The Bertz CT molecular complexity index is 1900. The summed E-state index contributed by atoms with van der Waals surface area (Å²) >= 11 is 3.52. The average Bonchev–Trinajstić information content (AvgIpc) is 3.28. The molecule has 0 N–H and O–H groups in total. The van der Waals surface area contributed by atoms with E-state index >= 15 is 0 Å². The fourth-order valence-corrected chi connectivity index (χ4v) is 6.50. The molecule has 1 saturated carbocycles. The van der Waals surface area contributed by atoms with Gasteiger partial charge in [-0.05, 0) is 70.7 Å². The van der Waals surface area contributed by atoms with Gasteiger partial charge in [0.15, 0.2) is 9.84 Å². The van der Waals surface area contributed by atoms with Crippen molar-refractivity contribution >= 4 is 59.2 Å². The Balaban J connectivity index is 1.45. The molecule has 0 spiro atoms. The second kappa shape index (κ2) is 10.0. The predicted octanol–water partition coefficient (Wildman–Crippen LogP) is 5.94. The number of nitrogens with zero attached hydrogens (tertiary/aromatic N) is 5. The normalized spacial score (nSPS) is 14.0. The molecule has 2 aromatic carbocycles. The second-order valence-electron chi connectivity index (χ2n) is 10.2. The molecule has 0 unspecified atom stereocenters. The molecule has 3 aromatic heterocycles. The lowest BCUT2D eigenvalue weighted by molar-refractivity contribution is 0.0984. The lowest BCUT2D eigenvalue weighted by atomic mass is 9.82. The minimum Gasteiger partial charge on any atom is -0.303 e. The maximum atomic E-state index is 14.2. The number of sulfone groups is 1. The van der Waals surface area contributed by atoms with Crippen LogP contribution < -0.4 is 4.90 Å². The SMILES string of the molecule is Cn1ncc2c(Br)nc3cc(CN(C(=O)c4ccc(C5CCC5)nc4)c4ccc(F)cc4S(C)(=O)=O)ccc3c21. The quantitative estimate of drug-likeness (QED) is 0.218. The highest BCUT2D eigenvalue weighted by Gasteiger charge is 2.27. The summed E-state index contributed by atoms with van der Waals surface area (Å²) in [4.78, 5) is 24.2. The van der Waals surface area contributed by atoms with Crippen LogP contribution in [0, 0.1) is 5.82 Å². The zero-order valence-corrected chi connectivity index (χ0v) is 24.2. The van der Waals surface area contributed by atoms with Crippen LogP contribution in [0.25, 0.3) is 21.8 Å². The summed E-state index contributed by atoms with van der Waals surface area (Å²) in [5.41, 5.74) is 3.65. The van der Waals surface area contributed by atoms with Gasteiger partial charge >= 0.3 is 0 Å². The van der Waals surface area contributed by atoms with Crippen LogP contribution in [-0.2, 0) is 23.4 Å². The van der Waals surface area contributed by atoms with Gasteiger partial charge in [-0.1, -0.05) is 18.6 Å². The van der Waals surface area contributed by atoms with Crippen LogP contribution in [0.5, 0.6) is 0 Å². The molecule has 0 atom stereocenters. The molecule has 0 radical (unpaired) electrons. The molecule has 0 bridgehead atoms. The minimum absolute atomic E-state index is 0.0238. The summed E-state index contributed by atoms with van der Waals surface area (Å²) in [6.45, 7) is 0.0238. The number of hydrogen-bond donors (Lipinski definition) is 0. The van der Waals surface area contributed by atoms with Gasteiger partial charge in [0.2, 0.25) is 0 Å². The number of anilines is 1. The number of aryl methyl sites for hydroxylation is 1. The Morgan fingerprint density at radius 1 is 1.10 bits per heavy atom. The smallest absolute Gasteiger partial charge is 0.260 e. The molecule has 1 aliphatic carbocycles. The number of rotatable bonds is 6. The first-order chi connectivity index (χ1) is 19.1. The molecule has 1 amide bonds. The van der Waals surface area contributed by atoms with E-state index in [0.29, 0.717) is 27.2 Å². The third-order valence-electron chi connectivity index (χ3n) is 7.45. The highest BCUT2D eigenvalue weighted by Crippen LogP contribution is 2.36. The van der Waals surface area contributed by atoms with Crippen molar-refractivity contribution in [1.82, 2.24) is 19.7 Å². The summed E-state index contributed by atoms with van der Waals surface area (Å²) in [6, 6.07) is 12.6. The molecule has 0 saturated heterocycles. The zero-order chi connectivity index (χ0) is 28.2. The van der Waals surface area contributed by atoms with E-state index in [9.17, 15) is 17.6 Å². The van der Waals surface area contributed by atoms with E-state index in [-0.39, 0.29) is 17.1 Å². The number of pyridine rings is 2. The van der Waals surface area contributed by atoms with Gasteiger partial charge in [0, 0.05) is 36.5 Å². The van der Waals surface area contributed by atoms with Crippen molar-refractivity contribution in [1.29, 1.82) is 0 Å². The summed E-state index contributed by atoms with van der Waals surface area (Å²) < 4.78 is 42.0. The average molecular weight is 623 g/mol. The predicted molar refractivity (Wildman–Crippen MR) is 155 cm³/mol. The number of carbonyl (C=O) groups excluding carboxylic acids is 1. The molecule has 8 nitrogen and oxygen atoms in total. The molecule has 40 heavy (non-hydrogen) atoms. The van der Waals surface area contributed by atoms with Crippen molar-refractivity contribution in [2.24, 2.45) is 7.05 Å². The van der Waals surface area contributed by atoms with Gasteiger partial charge in [0.25, 0.3) is 5.91 Å². The molecule has 1 aliphatic rings. The Kier molecular flexibility index (Phi) is 6.66. The van der Waals surface area contributed by atoms with Crippen molar-refractivity contribution in [3.63, 3.8) is 0 Å². The van der Waals surface area contributed by atoms with E-state index in [1.165, 1.54) is 23.6 Å². The third kappa shape index (κ3) is 4.77.